The molecule has 1 aromatic carbocycles. The number of benzene rings is 1. The summed E-state index contributed by atoms with van der Waals surface area (Å²) in [6, 6.07) is 8.16. The van der Waals surface area contributed by atoms with Crippen LogP contribution in [0, 0.1) is 11.8 Å². The van der Waals surface area contributed by atoms with E-state index in [2.05, 4.69) is 26.0 Å². The van der Waals surface area contributed by atoms with Gasteiger partial charge in [-0.1, -0.05) is 63.2 Å². The number of hydrogen-bond acceptors (Lipinski definition) is 9. The lowest BCUT2D eigenvalue weighted by Crippen LogP contribution is -2.58. The highest BCUT2D eigenvalue weighted by molar-refractivity contribution is 5.99. The monoisotopic (exact) mass is 611 g/mol. The number of amides is 3. The van der Waals surface area contributed by atoms with E-state index in [0.717, 1.165) is 18.7 Å². The van der Waals surface area contributed by atoms with Gasteiger partial charge in [0.15, 0.2) is 17.2 Å². The van der Waals surface area contributed by atoms with Gasteiger partial charge in [-0.15, -0.1) is 0 Å². The second kappa shape index (κ2) is 14.9. The number of epoxide rings is 1. The van der Waals surface area contributed by atoms with Crippen LogP contribution < -0.4 is 16.0 Å². The Morgan fingerprint density at radius 2 is 1.61 bits per heavy atom. The Morgan fingerprint density at radius 3 is 2.23 bits per heavy atom. The predicted molar refractivity (Wildman–Crippen MR) is 162 cm³/mol. The maximum absolute atomic E-state index is 13.7. The molecule has 12 heteroatoms. The number of carbonyl (C=O) groups excluding carboxylic acids is 4. The van der Waals surface area contributed by atoms with Gasteiger partial charge in [-0.25, -0.2) is 0 Å². The highest BCUT2D eigenvalue weighted by Crippen LogP contribution is 2.29. The molecule has 0 aliphatic carbocycles. The highest BCUT2D eigenvalue weighted by atomic mass is 16.6. The van der Waals surface area contributed by atoms with E-state index in [0.29, 0.717) is 38.5 Å². The van der Waals surface area contributed by atoms with Crippen molar-refractivity contribution in [3.8, 4) is 0 Å². The number of ether oxygens (including phenoxy) is 2. The molecule has 0 radical (unpaired) electrons. The van der Waals surface area contributed by atoms with E-state index in [-0.39, 0.29) is 29.7 Å². The molecular weight excluding hydrogens is 566 g/mol. The first-order valence-electron chi connectivity index (χ1n) is 15.3. The standard InChI is InChI=1S/C32H45N5O7/c1-20(2)15-24(28(38)32(5)19-43-32)33-29(39)25(16-22-9-7-6-8-10-22)34-31(41)27(21(3)4)35-30(40)26-17-23(44-36-26)18-37-11-13-42-14-12-37/h6-10,17,20-21,24-25,27H,11-16,18-19H2,1-5H3,(H,33,39)(H,34,41)(H,35,40)/t24-,25-,27-,32-/m0/s1. The molecule has 2 fully saturated rings. The molecule has 3 amide bonds. The molecule has 0 saturated carbocycles. The lowest BCUT2D eigenvalue weighted by Gasteiger charge is -2.27. The average molecular weight is 612 g/mol. The van der Waals surface area contributed by atoms with Gasteiger partial charge in [-0.2, -0.15) is 0 Å². The van der Waals surface area contributed by atoms with E-state index >= 15 is 0 Å². The van der Waals surface area contributed by atoms with Crippen LogP contribution in [0.3, 0.4) is 0 Å². The van der Waals surface area contributed by atoms with Crippen molar-refractivity contribution in [2.24, 2.45) is 11.8 Å². The molecule has 4 rings (SSSR count). The van der Waals surface area contributed by atoms with Crippen LogP contribution in [0.4, 0.5) is 0 Å². The Balaban J connectivity index is 1.45. The molecule has 4 atom stereocenters. The number of Topliss-reactive ketones (excluding diaryl/α,β-unsaturated/α-hetero) is 1. The second-order valence-electron chi connectivity index (χ2n) is 12.6. The highest BCUT2D eigenvalue weighted by Gasteiger charge is 2.50. The summed E-state index contributed by atoms with van der Waals surface area (Å²) in [5.41, 5.74) is -0.00452. The number of morpholine rings is 1. The lowest BCUT2D eigenvalue weighted by molar-refractivity contribution is -0.133. The third-order valence-electron chi connectivity index (χ3n) is 7.86. The SMILES string of the molecule is CC(C)C[C@H](NC(=O)[C@H](Cc1ccccc1)NC(=O)[C@@H](NC(=O)c1cc(CN2CCOCC2)on1)C(C)C)C(=O)[C@]1(C)CO1. The second-order valence-corrected chi connectivity index (χ2v) is 12.6. The molecule has 12 nitrogen and oxygen atoms in total. The number of carbonyl (C=O) groups is 4. The Bertz CT molecular complexity index is 1280. The summed E-state index contributed by atoms with van der Waals surface area (Å²) in [5, 5.41) is 12.4. The number of rotatable bonds is 15. The van der Waals surface area contributed by atoms with E-state index in [4.69, 9.17) is 14.0 Å². The minimum absolute atomic E-state index is 0.0658. The van der Waals surface area contributed by atoms with Crippen LogP contribution in [0.2, 0.25) is 0 Å². The number of ketones is 1. The van der Waals surface area contributed by atoms with Gasteiger partial charge in [0.1, 0.15) is 17.7 Å². The van der Waals surface area contributed by atoms with Crippen molar-refractivity contribution < 1.29 is 33.2 Å². The normalized spacial score (nSPS) is 20.5. The summed E-state index contributed by atoms with van der Waals surface area (Å²) in [5.74, 6) is -1.37. The Morgan fingerprint density at radius 1 is 0.955 bits per heavy atom. The van der Waals surface area contributed by atoms with Crippen molar-refractivity contribution in [1.82, 2.24) is 26.0 Å². The summed E-state index contributed by atoms with van der Waals surface area (Å²) in [6.45, 7) is 12.9. The van der Waals surface area contributed by atoms with Crippen molar-refractivity contribution >= 4 is 23.5 Å². The van der Waals surface area contributed by atoms with Crippen molar-refractivity contribution in [3.63, 3.8) is 0 Å². The molecular formula is C32H45N5O7. The van der Waals surface area contributed by atoms with Crippen LogP contribution in [0.5, 0.6) is 0 Å². The minimum atomic E-state index is -0.995. The summed E-state index contributed by atoms with van der Waals surface area (Å²) < 4.78 is 16.1. The Hall–Kier alpha value is -3.61. The van der Waals surface area contributed by atoms with Crippen LogP contribution in [0.1, 0.15) is 62.9 Å². The molecule has 2 aliphatic heterocycles. The molecule has 3 N–H and O–H groups in total. The molecule has 2 saturated heterocycles. The zero-order valence-corrected chi connectivity index (χ0v) is 26.3. The summed E-state index contributed by atoms with van der Waals surface area (Å²) in [7, 11) is 0. The molecule has 44 heavy (non-hydrogen) atoms. The zero-order chi connectivity index (χ0) is 31.9. The molecule has 0 bridgehead atoms. The quantitative estimate of drug-likeness (QED) is 0.256. The largest absolute Gasteiger partial charge is 0.379 e. The van der Waals surface area contributed by atoms with Crippen LogP contribution >= 0.6 is 0 Å². The van der Waals surface area contributed by atoms with Gasteiger partial charge in [0, 0.05) is 25.6 Å². The smallest absolute Gasteiger partial charge is 0.274 e. The number of nitrogens with zero attached hydrogens (tertiary/aromatic N) is 2. The zero-order valence-electron chi connectivity index (χ0n) is 26.3. The first kappa shape index (κ1) is 33.3. The molecule has 0 unspecified atom stereocenters. The Kier molecular flexibility index (Phi) is 11.3. The van der Waals surface area contributed by atoms with Crippen LogP contribution in [-0.2, 0) is 36.8 Å². The van der Waals surface area contributed by atoms with Gasteiger partial charge >= 0.3 is 0 Å². The van der Waals surface area contributed by atoms with Gasteiger partial charge in [0.05, 0.1) is 32.4 Å². The van der Waals surface area contributed by atoms with Gasteiger partial charge in [-0.3, -0.25) is 24.1 Å². The van der Waals surface area contributed by atoms with Crippen LogP contribution in [0.15, 0.2) is 40.9 Å². The van der Waals surface area contributed by atoms with E-state index in [9.17, 15) is 19.2 Å². The van der Waals surface area contributed by atoms with Gasteiger partial charge in [0.2, 0.25) is 11.8 Å². The lowest BCUT2D eigenvalue weighted by atomic mass is 9.93. The van der Waals surface area contributed by atoms with Crippen LogP contribution in [0.25, 0.3) is 0 Å². The number of hydrogen-bond donors (Lipinski definition) is 3. The van der Waals surface area contributed by atoms with E-state index in [1.165, 1.54) is 0 Å². The minimum Gasteiger partial charge on any atom is -0.379 e. The van der Waals surface area contributed by atoms with Crippen molar-refractivity contribution in [1.29, 1.82) is 0 Å². The number of aromatic nitrogens is 1. The fourth-order valence-corrected chi connectivity index (χ4v) is 5.14. The number of nitrogens with one attached hydrogen (secondary N) is 3. The molecule has 2 aliphatic rings. The van der Waals surface area contributed by atoms with Gasteiger partial charge in [0.25, 0.3) is 5.91 Å². The first-order chi connectivity index (χ1) is 20.9. The van der Waals surface area contributed by atoms with Gasteiger partial charge in [-0.05, 0) is 30.7 Å². The predicted octanol–water partition coefficient (Wildman–Crippen LogP) is 1.88. The molecule has 3 heterocycles. The first-order valence-corrected chi connectivity index (χ1v) is 15.3. The molecule has 0 spiro atoms. The fourth-order valence-electron chi connectivity index (χ4n) is 5.14. The Labute approximate surface area is 258 Å². The maximum atomic E-state index is 13.7. The maximum Gasteiger partial charge on any atom is 0.274 e. The third kappa shape index (κ3) is 9.20. The summed E-state index contributed by atoms with van der Waals surface area (Å²) >= 11 is 0. The molecule has 240 valence electrons. The topological polar surface area (TPSA) is 155 Å². The average Bonchev–Trinajstić information content (AvgIpc) is 3.57. The summed E-state index contributed by atoms with van der Waals surface area (Å²) in [4.78, 5) is 55.8. The van der Waals surface area contributed by atoms with Crippen molar-refractivity contribution in [2.75, 3.05) is 32.9 Å². The fraction of sp³-hybridized carbons (Fsp3) is 0.594. The third-order valence-corrected chi connectivity index (χ3v) is 7.86. The van der Waals surface area contributed by atoms with E-state index < -0.39 is 41.4 Å². The van der Waals surface area contributed by atoms with Gasteiger partial charge < -0.3 is 29.9 Å². The van der Waals surface area contributed by atoms with E-state index in [1.54, 1.807) is 26.8 Å². The van der Waals surface area contributed by atoms with Crippen LogP contribution in [-0.4, -0.2) is 90.2 Å². The molecule has 1 aromatic heterocycles. The molecule has 2 aromatic rings. The van der Waals surface area contributed by atoms with Crippen molar-refractivity contribution in [2.45, 2.75) is 77.7 Å². The van der Waals surface area contributed by atoms with E-state index in [1.807, 2.05) is 44.2 Å². The van der Waals surface area contributed by atoms with Crippen molar-refractivity contribution in [3.05, 3.63) is 53.4 Å². The summed E-state index contributed by atoms with van der Waals surface area (Å²) in [6.07, 6.45) is 0.632.